The zero-order valence-corrected chi connectivity index (χ0v) is 9.60. The van der Waals surface area contributed by atoms with Crippen LogP contribution in [-0.2, 0) is 0 Å². The van der Waals surface area contributed by atoms with Gasteiger partial charge >= 0.3 is 0 Å². The van der Waals surface area contributed by atoms with Crippen molar-refractivity contribution in [3.8, 4) is 5.82 Å². The Labute approximate surface area is 90.0 Å². The van der Waals surface area contributed by atoms with Gasteiger partial charge in [0.2, 0.25) is 0 Å². The molecule has 4 nitrogen and oxygen atoms in total. The van der Waals surface area contributed by atoms with Crippen molar-refractivity contribution in [1.82, 2.24) is 19.7 Å². The zero-order valence-electron chi connectivity index (χ0n) is 9.60. The smallest absolute Gasteiger partial charge is 0.171 e. The maximum absolute atomic E-state index is 4.22. The fourth-order valence-corrected chi connectivity index (χ4v) is 1.05. The molecule has 0 atom stereocenters. The van der Waals surface area contributed by atoms with Gasteiger partial charge in [0.25, 0.3) is 0 Å². The molecule has 0 spiro atoms. The number of nitrogens with zero attached hydrogens (tertiary/aromatic N) is 4. The number of hydrogen-bond donors (Lipinski definition) is 0. The molecular formula is C11H16N4. The van der Waals surface area contributed by atoms with Crippen LogP contribution < -0.4 is 0 Å². The van der Waals surface area contributed by atoms with E-state index >= 15 is 0 Å². The summed E-state index contributed by atoms with van der Waals surface area (Å²) in [5, 5.41) is 4.22. The van der Waals surface area contributed by atoms with Crippen LogP contribution in [0.3, 0.4) is 0 Å². The third-order valence-electron chi connectivity index (χ3n) is 1.72. The fourth-order valence-electron chi connectivity index (χ4n) is 1.05. The number of aryl methyl sites for hydroxylation is 2. The van der Waals surface area contributed by atoms with E-state index in [1.54, 1.807) is 17.1 Å². The van der Waals surface area contributed by atoms with Crippen molar-refractivity contribution in [2.45, 2.75) is 27.7 Å². The summed E-state index contributed by atoms with van der Waals surface area (Å²) in [6.07, 6.45) is 5.31. The summed E-state index contributed by atoms with van der Waals surface area (Å²) in [4.78, 5) is 8.34. The fraction of sp³-hybridized carbons (Fsp3) is 0.364. The zero-order chi connectivity index (χ0) is 11.3. The van der Waals surface area contributed by atoms with E-state index in [2.05, 4.69) is 15.1 Å². The van der Waals surface area contributed by atoms with Gasteiger partial charge in [-0.05, 0) is 19.9 Å². The van der Waals surface area contributed by atoms with Crippen LogP contribution in [0.1, 0.15) is 25.2 Å². The molecule has 2 rings (SSSR count). The highest BCUT2D eigenvalue weighted by Gasteiger charge is 1.98. The quantitative estimate of drug-likeness (QED) is 0.716. The van der Waals surface area contributed by atoms with Crippen molar-refractivity contribution >= 4 is 0 Å². The first-order valence-corrected chi connectivity index (χ1v) is 5.07. The SMILES string of the molecule is CC.Cc1cnc(-n2ccc(C)n2)cn1. The molecular weight excluding hydrogens is 188 g/mol. The Bertz CT molecular complexity index is 403. The van der Waals surface area contributed by atoms with E-state index < -0.39 is 0 Å². The number of hydrogen-bond acceptors (Lipinski definition) is 3. The van der Waals surface area contributed by atoms with Gasteiger partial charge in [0.15, 0.2) is 5.82 Å². The molecule has 2 aromatic heterocycles. The Hall–Kier alpha value is -1.71. The monoisotopic (exact) mass is 204 g/mol. The third kappa shape index (κ3) is 2.87. The average molecular weight is 204 g/mol. The molecule has 0 radical (unpaired) electrons. The lowest BCUT2D eigenvalue weighted by Crippen LogP contribution is -1.99. The second kappa shape index (κ2) is 5.24. The van der Waals surface area contributed by atoms with Crippen LogP contribution in [0.15, 0.2) is 24.7 Å². The lowest BCUT2D eigenvalue weighted by atomic mass is 10.5. The van der Waals surface area contributed by atoms with Crippen LogP contribution in [0, 0.1) is 13.8 Å². The van der Waals surface area contributed by atoms with E-state index in [9.17, 15) is 0 Å². The van der Waals surface area contributed by atoms with Gasteiger partial charge in [0.1, 0.15) is 0 Å². The molecule has 0 aliphatic carbocycles. The first-order valence-electron chi connectivity index (χ1n) is 5.07. The summed E-state index contributed by atoms with van der Waals surface area (Å²) in [5.74, 6) is 0.749. The molecule has 0 unspecified atom stereocenters. The minimum absolute atomic E-state index is 0.749. The summed E-state index contributed by atoms with van der Waals surface area (Å²) < 4.78 is 1.71. The molecule has 0 N–H and O–H groups in total. The Morgan fingerprint density at radius 2 is 1.73 bits per heavy atom. The third-order valence-corrected chi connectivity index (χ3v) is 1.72. The van der Waals surface area contributed by atoms with Gasteiger partial charge in [-0.25, -0.2) is 9.67 Å². The summed E-state index contributed by atoms with van der Waals surface area (Å²) in [6, 6.07) is 1.93. The summed E-state index contributed by atoms with van der Waals surface area (Å²) >= 11 is 0. The standard InChI is InChI=1S/C9H10N4.C2H6/c1-7-3-4-13(12-7)9-6-10-8(2)5-11-9;1-2/h3-6H,1-2H3;1-2H3. The summed E-state index contributed by atoms with van der Waals surface area (Å²) in [6.45, 7) is 7.85. The van der Waals surface area contributed by atoms with Crippen LogP contribution in [0.4, 0.5) is 0 Å². The first-order chi connectivity index (χ1) is 7.25. The second-order valence-electron chi connectivity index (χ2n) is 2.92. The van der Waals surface area contributed by atoms with Gasteiger partial charge in [-0.2, -0.15) is 5.10 Å². The highest BCUT2D eigenvalue weighted by Crippen LogP contribution is 2.02. The van der Waals surface area contributed by atoms with Gasteiger partial charge in [-0.15, -0.1) is 0 Å². The van der Waals surface area contributed by atoms with Crippen molar-refractivity contribution in [3.63, 3.8) is 0 Å². The normalized spacial score (nSPS) is 9.33. The van der Waals surface area contributed by atoms with Gasteiger partial charge < -0.3 is 0 Å². The average Bonchev–Trinajstić information content (AvgIpc) is 2.69. The van der Waals surface area contributed by atoms with Crippen molar-refractivity contribution in [1.29, 1.82) is 0 Å². The van der Waals surface area contributed by atoms with Crippen molar-refractivity contribution in [2.24, 2.45) is 0 Å². The number of aromatic nitrogens is 4. The first kappa shape index (κ1) is 11.4. The van der Waals surface area contributed by atoms with Gasteiger partial charge in [-0.3, -0.25) is 4.98 Å². The molecule has 0 bridgehead atoms. The Balaban J connectivity index is 0.000000531. The highest BCUT2D eigenvalue weighted by atomic mass is 15.3. The Morgan fingerprint density at radius 3 is 2.20 bits per heavy atom. The second-order valence-corrected chi connectivity index (χ2v) is 2.92. The minimum atomic E-state index is 0.749. The largest absolute Gasteiger partial charge is 0.256 e. The molecule has 0 aliphatic rings. The van der Waals surface area contributed by atoms with E-state index in [1.165, 1.54) is 0 Å². The molecule has 80 valence electrons. The van der Waals surface area contributed by atoms with E-state index in [1.807, 2.05) is 40.0 Å². The van der Waals surface area contributed by atoms with E-state index in [0.717, 1.165) is 17.2 Å². The summed E-state index contributed by atoms with van der Waals surface area (Å²) in [7, 11) is 0. The van der Waals surface area contributed by atoms with Crippen molar-refractivity contribution in [2.75, 3.05) is 0 Å². The highest BCUT2D eigenvalue weighted by molar-refractivity contribution is 5.18. The Morgan fingerprint density at radius 1 is 1.00 bits per heavy atom. The van der Waals surface area contributed by atoms with E-state index in [0.29, 0.717) is 0 Å². The molecule has 0 saturated heterocycles. The minimum Gasteiger partial charge on any atom is -0.256 e. The molecule has 15 heavy (non-hydrogen) atoms. The summed E-state index contributed by atoms with van der Waals surface area (Å²) in [5.41, 5.74) is 1.88. The molecule has 2 aromatic rings. The van der Waals surface area contributed by atoms with Gasteiger partial charge in [-0.1, -0.05) is 13.8 Å². The van der Waals surface area contributed by atoms with Crippen LogP contribution in [-0.4, -0.2) is 19.7 Å². The molecule has 0 aliphatic heterocycles. The van der Waals surface area contributed by atoms with Crippen molar-refractivity contribution in [3.05, 3.63) is 36.0 Å². The molecule has 0 aromatic carbocycles. The predicted octanol–water partition coefficient (Wildman–Crippen LogP) is 2.31. The number of rotatable bonds is 1. The molecule has 4 heteroatoms. The molecule has 0 fully saturated rings. The topological polar surface area (TPSA) is 43.6 Å². The van der Waals surface area contributed by atoms with E-state index in [4.69, 9.17) is 0 Å². The predicted molar refractivity (Wildman–Crippen MR) is 60.0 cm³/mol. The maximum atomic E-state index is 4.22. The van der Waals surface area contributed by atoms with E-state index in [-0.39, 0.29) is 0 Å². The van der Waals surface area contributed by atoms with Gasteiger partial charge in [0, 0.05) is 6.20 Å². The molecule has 0 amide bonds. The van der Waals surface area contributed by atoms with Gasteiger partial charge in [0.05, 0.1) is 23.8 Å². The molecule has 0 saturated carbocycles. The van der Waals surface area contributed by atoms with Crippen LogP contribution in [0.5, 0.6) is 0 Å². The molecule has 2 heterocycles. The Kier molecular flexibility index (Phi) is 3.97. The van der Waals surface area contributed by atoms with Crippen LogP contribution >= 0.6 is 0 Å². The van der Waals surface area contributed by atoms with Crippen LogP contribution in [0.25, 0.3) is 5.82 Å². The lowest BCUT2D eigenvalue weighted by molar-refractivity contribution is 0.821. The van der Waals surface area contributed by atoms with Crippen LogP contribution in [0.2, 0.25) is 0 Å². The lowest BCUT2D eigenvalue weighted by Gasteiger charge is -1.98. The van der Waals surface area contributed by atoms with Crippen molar-refractivity contribution < 1.29 is 0 Å². The maximum Gasteiger partial charge on any atom is 0.171 e.